The van der Waals surface area contributed by atoms with Crippen molar-refractivity contribution < 1.29 is 27.3 Å². The van der Waals surface area contributed by atoms with Crippen LogP contribution in [0.4, 0.5) is 13.2 Å². The molecule has 1 atom stereocenters. The average molecular weight is 475 g/mol. The van der Waals surface area contributed by atoms with E-state index in [9.17, 15) is 22.8 Å². The number of amides is 2. The number of hydrogen-bond donors (Lipinski definition) is 2. The van der Waals surface area contributed by atoms with Gasteiger partial charge in [-0.15, -0.1) is 0 Å². The van der Waals surface area contributed by atoms with Crippen LogP contribution in [0.15, 0.2) is 22.7 Å². The van der Waals surface area contributed by atoms with Crippen LogP contribution in [0.3, 0.4) is 0 Å². The normalized spacial score (nSPS) is 15.1. The van der Waals surface area contributed by atoms with Crippen molar-refractivity contribution in [1.82, 2.24) is 20.4 Å². The molecule has 2 amide bonds. The number of fused-ring (bicyclic) bond motifs is 2. The molecule has 3 aromatic rings. The largest absolute Gasteiger partial charge is 0.408 e. The van der Waals surface area contributed by atoms with Crippen molar-refractivity contribution in [3.63, 3.8) is 0 Å². The SMILES string of the molecule is C[C@@H](NC(=O)c1noc2c1CN(C(=O)c1cc3c(Cl)cc(Cl)cc3[nH]1)CC2)C(F)(F)F. The number of carbonyl (C=O) groups excluding carboxylic acids is 2. The molecule has 0 fully saturated rings. The van der Waals surface area contributed by atoms with Gasteiger partial charge in [0.15, 0.2) is 5.69 Å². The number of aromatic nitrogens is 2. The summed E-state index contributed by atoms with van der Waals surface area (Å²) in [4.78, 5) is 29.7. The lowest BCUT2D eigenvalue weighted by atomic mass is 10.0. The maximum atomic E-state index is 13.0. The fraction of sp³-hybridized carbons (Fsp3) is 0.316. The minimum Gasteiger partial charge on any atom is -0.360 e. The standard InChI is InChI=1S/C19H15Cl2F3N4O3/c1-8(19(22,23)24)25-17(29)16-11-7-28(3-2-15(11)31-27-16)18(30)14-6-10-12(21)4-9(20)5-13(10)26-14/h4-6,8,26H,2-3,7H2,1H3,(H,25,29)/t8-/m1/s1. The number of nitrogens with one attached hydrogen (secondary N) is 2. The summed E-state index contributed by atoms with van der Waals surface area (Å²) in [5.41, 5.74) is 0.860. The van der Waals surface area contributed by atoms with Gasteiger partial charge in [0.1, 0.15) is 17.5 Å². The molecule has 0 saturated carbocycles. The van der Waals surface area contributed by atoms with E-state index in [0.29, 0.717) is 26.7 Å². The molecule has 12 heteroatoms. The first-order valence-electron chi connectivity index (χ1n) is 9.16. The molecule has 0 spiro atoms. The third-order valence-corrected chi connectivity index (χ3v) is 5.58. The Balaban J connectivity index is 1.56. The number of benzene rings is 1. The lowest BCUT2D eigenvalue weighted by molar-refractivity contribution is -0.149. The van der Waals surface area contributed by atoms with E-state index >= 15 is 0 Å². The number of alkyl halides is 3. The maximum Gasteiger partial charge on any atom is 0.408 e. The lowest BCUT2D eigenvalue weighted by Gasteiger charge is -2.26. The number of rotatable bonds is 3. The highest BCUT2D eigenvalue weighted by Crippen LogP contribution is 2.30. The molecule has 2 N–H and O–H groups in total. The highest BCUT2D eigenvalue weighted by atomic mass is 35.5. The van der Waals surface area contributed by atoms with Crippen molar-refractivity contribution in [2.45, 2.75) is 32.1 Å². The van der Waals surface area contributed by atoms with Gasteiger partial charge in [0, 0.05) is 34.5 Å². The number of H-pyrrole nitrogens is 1. The Morgan fingerprint density at radius 2 is 2.03 bits per heavy atom. The predicted molar refractivity (Wildman–Crippen MR) is 106 cm³/mol. The van der Waals surface area contributed by atoms with Gasteiger partial charge in [-0.2, -0.15) is 13.2 Å². The molecule has 0 aliphatic carbocycles. The van der Waals surface area contributed by atoms with E-state index in [0.717, 1.165) is 6.92 Å². The fourth-order valence-electron chi connectivity index (χ4n) is 3.35. The second-order valence-corrected chi connectivity index (χ2v) is 8.02. The zero-order valence-corrected chi connectivity index (χ0v) is 17.5. The van der Waals surface area contributed by atoms with Gasteiger partial charge in [0.05, 0.1) is 11.6 Å². The van der Waals surface area contributed by atoms with Gasteiger partial charge in [-0.1, -0.05) is 28.4 Å². The van der Waals surface area contributed by atoms with Crippen LogP contribution in [-0.4, -0.2) is 45.6 Å². The van der Waals surface area contributed by atoms with Gasteiger partial charge in [-0.05, 0) is 25.1 Å². The third kappa shape index (κ3) is 4.09. The fourth-order valence-corrected chi connectivity index (χ4v) is 3.90. The molecule has 164 valence electrons. The Bertz CT molecular complexity index is 1190. The lowest BCUT2D eigenvalue weighted by Crippen LogP contribution is -2.44. The number of nitrogens with zero attached hydrogens (tertiary/aromatic N) is 2. The van der Waals surface area contributed by atoms with Crippen molar-refractivity contribution in [2.24, 2.45) is 0 Å². The summed E-state index contributed by atoms with van der Waals surface area (Å²) in [6.45, 7) is 1.07. The molecular weight excluding hydrogens is 460 g/mol. The van der Waals surface area contributed by atoms with E-state index in [4.69, 9.17) is 27.7 Å². The first-order chi connectivity index (χ1) is 14.5. The second kappa shape index (κ2) is 7.76. The molecule has 2 aromatic heterocycles. The van der Waals surface area contributed by atoms with Gasteiger partial charge < -0.3 is 19.7 Å². The van der Waals surface area contributed by atoms with E-state index in [2.05, 4.69) is 10.1 Å². The van der Waals surface area contributed by atoms with Crippen LogP contribution in [0.1, 0.15) is 39.2 Å². The number of halogens is 5. The van der Waals surface area contributed by atoms with Gasteiger partial charge in [0.25, 0.3) is 11.8 Å². The minimum absolute atomic E-state index is 0.0370. The summed E-state index contributed by atoms with van der Waals surface area (Å²) in [6, 6.07) is 2.73. The van der Waals surface area contributed by atoms with Crippen molar-refractivity contribution in [3.8, 4) is 0 Å². The molecule has 31 heavy (non-hydrogen) atoms. The molecule has 1 aliphatic heterocycles. The van der Waals surface area contributed by atoms with Crippen LogP contribution in [0, 0.1) is 0 Å². The summed E-state index contributed by atoms with van der Waals surface area (Å²) in [7, 11) is 0. The number of carbonyl (C=O) groups is 2. The Morgan fingerprint density at radius 1 is 1.29 bits per heavy atom. The zero-order valence-electron chi connectivity index (χ0n) is 15.9. The highest BCUT2D eigenvalue weighted by molar-refractivity contribution is 6.38. The molecule has 0 unspecified atom stereocenters. The first kappa shape index (κ1) is 21.5. The zero-order chi connectivity index (χ0) is 22.5. The molecule has 0 bridgehead atoms. The Labute approximate surface area is 183 Å². The van der Waals surface area contributed by atoms with Crippen LogP contribution in [0.25, 0.3) is 10.9 Å². The Hall–Kier alpha value is -2.72. The molecular formula is C19H15Cl2F3N4O3. The van der Waals surface area contributed by atoms with E-state index in [1.807, 2.05) is 5.32 Å². The summed E-state index contributed by atoms with van der Waals surface area (Å²) in [5.74, 6) is -1.03. The summed E-state index contributed by atoms with van der Waals surface area (Å²) >= 11 is 12.2. The van der Waals surface area contributed by atoms with E-state index in [-0.39, 0.29) is 42.4 Å². The van der Waals surface area contributed by atoms with Gasteiger partial charge in [0.2, 0.25) is 0 Å². The summed E-state index contributed by atoms with van der Waals surface area (Å²) in [6.07, 6.45) is -4.33. The van der Waals surface area contributed by atoms with Crippen molar-refractivity contribution in [2.75, 3.05) is 6.54 Å². The number of hydrogen-bond acceptors (Lipinski definition) is 4. The molecule has 4 rings (SSSR count). The monoisotopic (exact) mass is 474 g/mol. The van der Waals surface area contributed by atoms with Gasteiger partial charge in [-0.25, -0.2) is 0 Å². The predicted octanol–water partition coefficient (Wildman–Crippen LogP) is 4.34. The molecule has 7 nitrogen and oxygen atoms in total. The Kier molecular flexibility index (Phi) is 5.38. The highest BCUT2D eigenvalue weighted by Gasteiger charge is 2.38. The Morgan fingerprint density at radius 3 is 2.74 bits per heavy atom. The van der Waals surface area contributed by atoms with Crippen LogP contribution in [-0.2, 0) is 13.0 Å². The molecule has 1 aliphatic rings. The molecule has 0 saturated heterocycles. The third-order valence-electron chi connectivity index (χ3n) is 5.05. The quantitative estimate of drug-likeness (QED) is 0.590. The van der Waals surface area contributed by atoms with Crippen LogP contribution < -0.4 is 5.32 Å². The minimum atomic E-state index is -4.60. The smallest absolute Gasteiger partial charge is 0.360 e. The van der Waals surface area contributed by atoms with E-state index in [1.54, 1.807) is 18.2 Å². The van der Waals surface area contributed by atoms with E-state index in [1.165, 1.54) is 4.90 Å². The first-order valence-corrected chi connectivity index (χ1v) is 9.92. The molecule has 1 aromatic carbocycles. The van der Waals surface area contributed by atoms with Crippen LogP contribution in [0.2, 0.25) is 10.0 Å². The maximum absolute atomic E-state index is 13.0. The van der Waals surface area contributed by atoms with Crippen molar-refractivity contribution in [1.29, 1.82) is 0 Å². The van der Waals surface area contributed by atoms with Crippen molar-refractivity contribution in [3.05, 3.63) is 51.0 Å². The van der Waals surface area contributed by atoms with Crippen LogP contribution >= 0.6 is 23.2 Å². The average Bonchev–Trinajstić information content (AvgIpc) is 3.30. The van der Waals surface area contributed by atoms with Crippen molar-refractivity contribution >= 4 is 45.9 Å². The molecule has 3 heterocycles. The van der Waals surface area contributed by atoms with E-state index < -0.39 is 18.1 Å². The van der Waals surface area contributed by atoms with Gasteiger partial charge >= 0.3 is 6.18 Å². The van der Waals surface area contributed by atoms with Crippen LogP contribution in [0.5, 0.6) is 0 Å². The second-order valence-electron chi connectivity index (χ2n) is 7.18. The topological polar surface area (TPSA) is 91.2 Å². The number of aromatic amines is 1. The molecule has 0 radical (unpaired) electrons. The summed E-state index contributed by atoms with van der Waals surface area (Å²) < 4.78 is 43.4. The van der Waals surface area contributed by atoms with Gasteiger partial charge in [-0.3, -0.25) is 9.59 Å². The summed E-state index contributed by atoms with van der Waals surface area (Å²) in [5, 5.41) is 6.90.